The van der Waals surface area contributed by atoms with E-state index in [0.717, 1.165) is 44.9 Å². The Morgan fingerprint density at radius 2 is 0.610 bits per heavy atom. The van der Waals surface area contributed by atoms with Crippen LogP contribution in [0.1, 0.15) is 393 Å². The summed E-state index contributed by atoms with van der Waals surface area (Å²) in [6.45, 7) is 4.98. The largest absolute Gasteiger partial charge is 0.466 e. The standard InChI is InChI=1S/C71H137NO5/c1-3-5-7-9-11-13-15-17-19-21-22-28-32-35-39-43-47-51-55-59-63-69(74)68(67-73)72-70(75)64-60-56-52-48-44-40-36-33-29-26-24-23-25-27-30-34-38-42-46-50-54-58-62-66-77-71(76)65-61-57-53-49-45-41-37-31-20-18-16-14-12-10-8-6-4-2/h18,20,26,29,68-69,73-74H,3-17,19,21-25,27-28,30-67H2,1-2H3,(H,72,75)/b20-18-,29-26-. The number of aliphatic hydroxyl groups excluding tert-OH is 2. The Hall–Kier alpha value is -1.66. The minimum atomic E-state index is -0.669. The van der Waals surface area contributed by atoms with Gasteiger partial charge in [0.1, 0.15) is 0 Å². The summed E-state index contributed by atoms with van der Waals surface area (Å²) in [5.41, 5.74) is 0. The summed E-state index contributed by atoms with van der Waals surface area (Å²) in [7, 11) is 0. The summed E-state index contributed by atoms with van der Waals surface area (Å²) in [6, 6.07) is -0.547. The molecule has 0 rings (SSSR count). The van der Waals surface area contributed by atoms with Gasteiger partial charge in [-0.25, -0.2) is 0 Å². The Bertz CT molecular complexity index is 1200. The zero-order valence-corrected chi connectivity index (χ0v) is 52.2. The maximum atomic E-state index is 12.5. The molecule has 0 fully saturated rings. The molecule has 0 heterocycles. The van der Waals surface area contributed by atoms with Gasteiger partial charge in [-0.2, -0.15) is 0 Å². The summed E-state index contributed by atoms with van der Waals surface area (Å²) in [6.07, 6.45) is 83.6. The number of amides is 1. The van der Waals surface area contributed by atoms with Crippen LogP contribution in [0.2, 0.25) is 0 Å². The molecule has 0 aliphatic rings. The number of rotatable bonds is 66. The first kappa shape index (κ1) is 75.3. The monoisotopic (exact) mass is 1080 g/mol. The molecule has 0 aromatic rings. The molecule has 77 heavy (non-hydrogen) atoms. The van der Waals surface area contributed by atoms with Gasteiger partial charge < -0.3 is 20.3 Å². The highest BCUT2D eigenvalue weighted by atomic mass is 16.5. The zero-order chi connectivity index (χ0) is 55.7. The second-order valence-corrected chi connectivity index (χ2v) is 24.2. The third-order valence-corrected chi connectivity index (χ3v) is 16.5. The van der Waals surface area contributed by atoms with E-state index < -0.39 is 12.1 Å². The van der Waals surface area contributed by atoms with Gasteiger partial charge in [0, 0.05) is 12.8 Å². The normalized spacial score (nSPS) is 12.6. The van der Waals surface area contributed by atoms with Crippen LogP contribution in [0.3, 0.4) is 0 Å². The molecule has 1 amide bonds. The Labute approximate surface area is 481 Å². The number of esters is 1. The molecule has 2 unspecified atom stereocenters. The fraction of sp³-hybridized carbons (Fsp3) is 0.915. The first-order chi connectivity index (χ1) is 38.0. The highest BCUT2D eigenvalue weighted by molar-refractivity contribution is 5.76. The molecule has 0 aliphatic heterocycles. The van der Waals surface area contributed by atoms with Gasteiger partial charge in [-0.3, -0.25) is 9.59 Å². The van der Waals surface area contributed by atoms with Crippen LogP contribution in [0.4, 0.5) is 0 Å². The van der Waals surface area contributed by atoms with Gasteiger partial charge in [-0.05, 0) is 77.0 Å². The number of nitrogens with one attached hydrogen (secondary N) is 1. The van der Waals surface area contributed by atoms with E-state index in [0.29, 0.717) is 25.9 Å². The van der Waals surface area contributed by atoms with Crippen molar-refractivity contribution in [3.8, 4) is 0 Å². The molecule has 2 atom stereocenters. The van der Waals surface area contributed by atoms with Crippen LogP contribution in [-0.4, -0.2) is 47.4 Å². The summed E-state index contributed by atoms with van der Waals surface area (Å²) >= 11 is 0. The van der Waals surface area contributed by atoms with Crippen LogP contribution in [0.15, 0.2) is 24.3 Å². The second kappa shape index (κ2) is 66.8. The van der Waals surface area contributed by atoms with E-state index in [-0.39, 0.29) is 18.5 Å². The van der Waals surface area contributed by atoms with Gasteiger partial charge in [-0.1, -0.05) is 327 Å². The molecule has 0 saturated carbocycles. The smallest absolute Gasteiger partial charge is 0.305 e. The van der Waals surface area contributed by atoms with Crippen LogP contribution in [0.25, 0.3) is 0 Å². The lowest BCUT2D eigenvalue weighted by Crippen LogP contribution is -2.45. The molecule has 6 heteroatoms. The first-order valence-electron chi connectivity index (χ1n) is 35.1. The molecule has 0 saturated heterocycles. The minimum Gasteiger partial charge on any atom is -0.466 e. The topological polar surface area (TPSA) is 95.9 Å². The highest BCUT2D eigenvalue weighted by Crippen LogP contribution is 2.19. The fourth-order valence-corrected chi connectivity index (χ4v) is 11.1. The van der Waals surface area contributed by atoms with Crippen molar-refractivity contribution in [3.63, 3.8) is 0 Å². The molecule has 0 radical (unpaired) electrons. The van der Waals surface area contributed by atoms with Gasteiger partial charge in [0.15, 0.2) is 0 Å². The number of unbranched alkanes of at least 4 members (excludes halogenated alkanes) is 51. The average Bonchev–Trinajstić information content (AvgIpc) is 3.43. The number of hydrogen-bond acceptors (Lipinski definition) is 5. The van der Waals surface area contributed by atoms with E-state index in [1.165, 1.54) is 315 Å². The quantitative estimate of drug-likeness (QED) is 0.0320. The molecule has 456 valence electrons. The van der Waals surface area contributed by atoms with Gasteiger partial charge >= 0.3 is 5.97 Å². The van der Waals surface area contributed by atoms with Gasteiger partial charge in [0.05, 0.1) is 25.4 Å². The molecule has 0 aliphatic carbocycles. The lowest BCUT2D eigenvalue weighted by Gasteiger charge is -2.22. The number of ether oxygens (including phenoxy) is 1. The van der Waals surface area contributed by atoms with Crippen molar-refractivity contribution < 1.29 is 24.5 Å². The van der Waals surface area contributed by atoms with Gasteiger partial charge in [0.2, 0.25) is 5.91 Å². The van der Waals surface area contributed by atoms with Crippen LogP contribution < -0.4 is 5.32 Å². The van der Waals surface area contributed by atoms with Crippen molar-refractivity contribution in [2.45, 2.75) is 405 Å². The van der Waals surface area contributed by atoms with Crippen molar-refractivity contribution in [1.82, 2.24) is 5.32 Å². The SMILES string of the molecule is CCCCCCCC/C=C\CCCCCCCCCC(=O)OCCCCCCCCCCCCCC/C=C\CCCCCCCCCC(=O)NC(CO)C(O)CCCCCCCCCCCCCCCCCCCCCC. The number of allylic oxidation sites excluding steroid dienone is 4. The summed E-state index contributed by atoms with van der Waals surface area (Å²) in [5, 5.41) is 23.4. The van der Waals surface area contributed by atoms with Crippen molar-refractivity contribution in [2.24, 2.45) is 0 Å². The van der Waals surface area contributed by atoms with E-state index in [1.54, 1.807) is 0 Å². The van der Waals surface area contributed by atoms with Crippen molar-refractivity contribution >= 4 is 11.9 Å². The predicted octanol–water partition coefficient (Wildman–Crippen LogP) is 22.5. The molecule has 3 N–H and O–H groups in total. The summed E-state index contributed by atoms with van der Waals surface area (Å²) < 4.78 is 5.50. The van der Waals surface area contributed by atoms with Crippen LogP contribution in [-0.2, 0) is 14.3 Å². The van der Waals surface area contributed by atoms with E-state index in [2.05, 4.69) is 43.5 Å². The molecule has 0 spiro atoms. The zero-order valence-electron chi connectivity index (χ0n) is 52.2. The van der Waals surface area contributed by atoms with Crippen LogP contribution >= 0.6 is 0 Å². The Morgan fingerprint density at radius 3 is 0.922 bits per heavy atom. The van der Waals surface area contributed by atoms with E-state index in [9.17, 15) is 19.8 Å². The average molecular weight is 1080 g/mol. The number of aliphatic hydroxyl groups is 2. The second-order valence-electron chi connectivity index (χ2n) is 24.2. The maximum absolute atomic E-state index is 12.5. The van der Waals surface area contributed by atoms with E-state index in [4.69, 9.17) is 4.74 Å². The molecule has 0 aromatic carbocycles. The van der Waals surface area contributed by atoms with Crippen LogP contribution in [0, 0.1) is 0 Å². The number of carbonyl (C=O) groups excluding carboxylic acids is 2. The summed E-state index contributed by atoms with van der Waals surface area (Å²) in [4.78, 5) is 24.6. The summed E-state index contributed by atoms with van der Waals surface area (Å²) in [5.74, 6) is -0.0283. The predicted molar refractivity (Wildman–Crippen MR) is 338 cm³/mol. The highest BCUT2D eigenvalue weighted by Gasteiger charge is 2.20. The van der Waals surface area contributed by atoms with E-state index in [1.807, 2.05) is 0 Å². The maximum Gasteiger partial charge on any atom is 0.305 e. The molecular formula is C71H137NO5. The number of hydrogen-bond donors (Lipinski definition) is 3. The fourth-order valence-electron chi connectivity index (χ4n) is 11.1. The van der Waals surface area contributed by atoms with Gasteiger partial charge in [0.25, 0.3) is 0 Å². The third-order valence-electron chi connectivity index (χ3n) is 16.5. The lowest BCUT2D eigenvalue weighted by molar-refractivity contribution is -0.143. The first-order valence-corrected chi connectivity index (χ1v) is 35.1. The molecular weight excluding hydrogens is 947 g/mol. The molecule has 0 aromatic heterocycles. The minimum absolute atomic E-state index is 0.00909. The van der Waals surface area contributed by atoms with E-state index >= 15 is 0 Å². The van der Waals surface area contributed by atoms with Crippen molar-refractivity contribution in [3.05, 3.63) is 24.3 Å². The molecule has 0 bridgehead atoms. The number of carbonyl (C=O) groups is 2. The molecule has 6 nitrogen and oxygen atoms in total. The van der Waals surface area contributed by atoms with Crippen LogP contribution in [0.5, 0.6) is 0 Å². The Kier molecular flexibility index (Phi) is 65.4. The van der Waals surface area contributed by atoms with Crippen molar-refractivity contribution in [2.75, 3.05) is 13.2 Å². The van der Waals surface area contributed by atoms with Gasteiger partial charge in [-0.15, -0.1) is 0 Å². The third kappa shape index (κ3) is 63.4. The van der Waals surface area contributed by atoms with Crippen molar-refractivity contribution in [1.29, 1.82) is 0 Å². The Morgan fingerprint density at radius 1 is 0.351 bits per heavy atom. The lowest BCUT2D eigenvalue weighted by atomic mass is 10.0. The Balaban J connectivity index is 3.40.